The molecule has 2 rings (SSSR count). The van der Waals surface area contributed by atoms with Gasteiger partial charge in [0.05, 0.1) is 12.0 Å². The average Bonchev–Trinajstić information content (AvgIpc) is 2.91. The van der Waals surface area contributed by atoms with Crippen LogP contribution in [0.3, 0.4) is 0 Å². The molecule has 0 atom stereocenters. The maximum atomic E-state index is 4.29. The molecule has 114 valence electrons. The Hall–Kier alpha value is -1.61. The van der Waals surface area contributed by atoms with Crippen molar-refractivity contribution in [3.05, 3.63) is 48.0 Å². The quantitative estimate of drug-likeness (QED) is 0.866. The van der Waals surface area contributed by atoms with Crippen LogP contribution in [0.1, 0.15) is 51.8 Å². The summed E-state index contributed by atoms with van der Waals surface area (Å²) < 4.78 is 2.16. The molecular formula is C18H27N3. The highest BCUT2D eigenvalue weighted by Gasteiger charge is 2.11. The molecule has 0 aliphatic rings. The molecule has 21 heavy (non-hydrogen) atoms. The molecule has 0 aliphatic carbocycles. The lowest BCUT2D eigenvalue weighted by Gasteiger charge is -2.21. The minimum atomic E-state index is 0.110. The second-order valence-corrected chi connectivity index (χ2v) is 6.63. The predicted octanol–water partition coefficient (Wildman–Crippen LogP) is 4.10. The zero-order valence-corrected chi connectivity index (χ0v) is 13.7. The van der Waals surface area contributed by atoms with E-state index in [1.54, 1.807) is 0 Å². The first-order valence-corrected chi connectivity index (χ1v) is 7.85. The van der Waals surface area contributed by atoms with E-state index in [-0.39, 0.29) is 5.54 Å². The summed E-state index contributed by atoms with van der Waals surface area (Å²) in [4.78, 5) is 4.29. The van der Waals surface area contributed by atoms with Gasteiger partial charge in [-0.05, 0) is 51.3 Å². The van der Waals surface area contributed by atoms with Gasteiger partial charge < -0.3 is 9.88 Å². The van der Waals surface area contributed by atoms with Gasteiger partial charge in [-0.2, -0.15) is 0 Å². The molecule has 0 saturated carbocycles. The molecule has 0 fully saturated rings. The highest BCUT2D eigenvalue weighted by Crippen LogP contribution is 2.14. The van der Waals surface area contributed by atoms with Crippen LogP contribution in [-0.2, 0) is 13.0 Å². The summed E-state index contributed by atoms with van der Waals surface area (Å²) in [6.07, 6.45) is 7.49. The summed E-state index contributed by atoms with van der Waals surface area (Å²) in [5.74, 6) is 0. The Balaban J connectivity index is 2.09. The molecule has 0 aliphatic heterocycles. The van der Waals surface area contributed by atoms with Gasteiger partial charge in [0.15, 0.2) is 0 Å². The van der Waals surface area contributed by atoms with E-state index in [0.717, 1.165) is 6.54 Å². The zero-order valence-electron chi connectivity index (χ0n) is 13.7. The summed E-state index contributed by atoms with van der Waals surface area (Å²) in [6.45, 7) is 9.58. The van der Waals surface area contributed by atoms with Gasteiger partial charge in [-0.25, -0.2) is 4.98 Å². The van der Waals surface area contributed by atoms with E-state index in [0.29, 0.717) is 0 Å². The number of nitrogens with one attached hydrogen (secondary N) is 1. The molecule has 0 bridgehead atoms. The van der Waals surface area contributed by atoms with Gasteiger partial charge in [0, 0.05) is 24.0 Å². The third-order valence-corrected chi connectivity index (χ3v) is 3.55. The number of hydrogen-bond donors (Lipinski definition) is 1. The second-order valence-electron chi connectivity index (χ2n) is 6.63. The summed E-state index contributed by atoms with van der Waals surface area (Å²) >= 11 is 0. The molecule has 2 aromatic rings. The molecule has 0 spiro atoms. The minimum absolute atomic E-state index is 0.110. The van der Waals surface area contributed by atoms with Crippen LogP contribution < -0.4 is 5.32 Å². The number of nitrogens with zero attached hydrogens (tertiary/aromatic N) is 2. The molecule has 0 amide bonds. The second kappa shape index (κ2) is 6.90. The van der Waals surface area contributed by atoms with Crippen LogP contribution >= 0.6 is 0 Å². The molecule has 3 nitrogen and oxygen atoms in total. The average molecular weight is 285 g/mol. The van der Waals surface area contributed by atoms with Gasteiger partial charge >= 0.3 is 0 Å². The van der Waals surface area contributed by atoms with Crippen LogP contribution in [0, 0.1) is 0 Å². The fourth-order valence-corrected chi connectivity index (χ4v) is 2.25. The van der Waals surface area contributed by atoms with E-state index in [9.17, 15) is 0 Å². The van der Waals surface area contributed by atoms with Crippen molar-refractivity contribution < 1.29 is 0 Å². The third kappa shape index (κ3) is 4.71. The van der Waals surface area contributed by atoms with Crippen LogP contribution in [-0.4, -0.2) is 15.1 Å². The Morgan fingerprint density at radius 1 is 1.14 bits per heavy atom. The van der Waals surface area contributed by atoms with Crippen molar-refractivity contribution in [2.45, 2.75) is 59.0 Å². The smallest absolute Gasteiger partial charge is 0.0994 e. The molecule has 1 aromatic carbocycles. The molecule has 1 aromatic heterocycles. The fraction of sp³-hybridized carbons (Fsp3) is 0.500. The van der Waals surface area contributed by atoms with E-state index in [2.05, 4.69) is 66.8 Å². The normalized spacial score (nSPS) is 11.8. The number of imidazole rings is 1. The van der Waals surface area contributed by atoms with Gasteiger partial charge in [-0.15, -0.1) is 0 Å². The summed E-state index contributed by atoms with van der Waals surface area (Å²) in [6, 6.07) is 8.83. The summed E-state index contributed by atoms with van der Waals surface area (Å²) in [5.41, 5.74) is 3.89. The predicted molar refractivity (Wildman–Crippen MR) is 88.8 cm³/mol. The van der Waals surface area contributed by atoms with Gasteiger partial charge in [0.1, 0.15) is 0 Å². The highest BCUT2D eigenvalue weighted by molar-refractivity contribution is 5.36. The standard InChI is InChI=1S/C18H27N3/c1-5-6-7-15-8-10-16(11-9-15)21-14-19-12-17(21)13-20-18(2,3)4/h8-12,14,20H,5-7,13H2,1-4H3. The van der Waals surface area contributed by atoms with Crippen molar-refractivity contribution >= 4 is 0 Å². The van der Waals surface area contributed by atoms with Gasteiger partial charge in [-0.3, -0.25) is 0 Å². The number of benzene rings is 1. The topological polar surface area (TPSA) is 29.9 Å². The van der Waals surface area contributed by atoms with E-state index in [4.69, 9.17) is 0 Å². The van der Waals surface area contributed by atoms with Crippen LogP contribution in [0.25, 0.3) is 5.69 Å². The van der Waals surface area contributed by atoms with E-state index in [1.165, 1.54) is 36.2 Å². The highest BCUT2D eigenvalue weighted by atomic mass is 15.1. The first-order chi connectivity index (χ1) is 9.99. The van der Waals surface area contributed by atoms with Gasteiger partial charge in [-0.1, -0.05) is 25.5 Å². The van der Waals surface area contributed by atoms with Gasteiger partial charge in [0.2, 0.25) is 0 Å². The maximum Gasteiger partial charge on any atom is 0.0994 e. The van der Waals surface area contributed by atoms with Crippen molar-refractivity contribution in [3.8, 4) is 5.69 Å². The van der Waals surface area contributed by atoms with Crippen LogP contribution in [0.5, 0.6) is 0 Å². The van der Waals surface area contributed by atoms with Crippen molar-refractivity contribution in [1.29, 1.82) is 0 Å². The van der Waals surface area contributed by atoms with E-state index in [1.807, 2.05) is 12.5 Å². The zero-order chi connectivity index (χ0) is 15.3. The molecule has 0 saturated heterocycles. The number of aromatic nitrogens is 2. The van der Waals surface area contributed by atoms with Crippen LogP contribution in [0.4, 0.5) is 0 Å². The Bertz CT molecular complexity index is 547. The molecule has 3 heteroatoms. The number of aryl methyl sites for hydroxylation is 1. The maximum absolute atomic E-state index is 4.29. The Morgan fingerprint density at radius 3 is 2.48 bits per heavy atom. The molecule has 0 radical (unpaired) electrons. The molecule has 0 unspecified atom stereocenters. The lowest BCUT2D eigenvalue weighted by molar-refractivity contribution is 0.419. The van der Waals surface area contributed by atoms with Crippen LogP contribution in [0.2, 0.25) is 0 Å². The van der Waals surface area contributed by atoms with Crippen molar-refractivity contribution in [2.75, 3.05) is 0 Å². The third-order valence-electron chi connectivity index (χ3n) is 3.55. The van der Waals surface area contributed by atoms with Crippen molar-refractivity contribution in [1.82, 2.24) is 14.9 Å². The fourth-order valence-electron chi connectivity index (χ4n) is 2.25. The number of rotatable bonds is 6. The molecule has 1 N–H and O–H groups in total. The summed E-state index contributed by atoms with van der Waals surface area (Å²) in [7, 11) is 0. The lowest BCUT2D eigenvalue weighted by atomic mass is 10.1. The van der Waals surface area contributed by atoms with Crippen LogP contribution in [0.15, 0.2) is 36.8 Å². The van der Waals surface area contributed by atoms with E-state index >= 15 is 0 Å². The van der Waals surface area contributed by atoms with Crippen molar-refractivity contribution in [3.63, 3.8) is 0 Å². The number of unbranched alkanes of at least 4 members (excludes halogenated alkanes) is 1. The minimum Gasteiger partial charge on any atom is -0.306 e. The Kier molecular flexibility index (Phi) is 5.18. The largest absolute Gasteiger partial charge is 0.306 e. The number of hydrogen-bond acceptors (Lipinski definition) is 2. The Labute approximate surface area is 128 Å². The van der Waals surface area contributed by atoms with Gasteiger partial charge in [0.25, 0.3) is 0 Å². The summed E-state index contributed by atoms with van der Waals surface area (Å²) in [5, 5.41) is 3.51. The SMILES string of the molecule is CCCCc1ccc(-n2cncc2CNC(C)(C)C)cc1. The van der Waals surface area contributed by atoms with Crippen molar-refractivity contribution in [2.24, 2.45) is 0 Å². The van der Waals surface area contributed by atoms with E-state index < -0.39 is 0 Å². The Morgan fingerprint density at radius 2 is 1.86 bits per heavy atom. The monoisotopic (exact) mass is 285 g/mol. The molecule has 1 heterocycles. The first kappa shape index (κ1) is 15.8. The first-order valence-electron chi connectivity index (χ1n) is 7.85. The lowest BCUT2D eigenvalue weighted by Crippen LogP contribution is -2.35. The molecular weight excluding hydrogens is 258 g/mol.